The number of ether oxygens (including phenoxy) is 1. The Labute approximate surface area is 99.7 Å². The highest BCUT2D eigenvalue weighted by atomic mass is 35.5. The Balaban J connectivity index is 2.27. The van der Waals surface area contributed by atoms with Crippen molar-refractivity contribution < 1.29 is 4.74 Å². The second-order valence-electron chi connectivity index (χ2n) is 3.59. The molecule has 1 heterocycles. The zero-order valence-electron chi connectivity index (χ0n) is 8.59. The van der Waals surface area contributed by atoms with E-state index in [4.69, 9.17) is 27.9 Å². The first-order valence-electron chi connectivity index (χ1n) is 4.61. The average molecular weight is 256 g/mol. The molecule has 0 aromatic rings. The molecule has 0 bridgehead atoms. The van der Waals surface area contributed by atoms with Crippen LogP contribution in [-0.4, -0.2) is 29.6 Å². The van der Waals surface area contributed by atoms with Gasteiger partial charge < -0.3 is 4.74 Å². The van der Waals surface area contributed by atoms with Crippen molar-refractivity contribution in [3.8, 4) is 0 Å². The fourth-order valence-electron chi connectivity index (χ4n) is 1.31. The average Bonchev–Trinajstić information content (AvgIpc) is 2.28. The topological polar surface area (TPSA) is 12.5 Å². The summed E-state index contributed by atoms with van der Waals surface area (Å²) in [7, 11) is 0. The van der Waals surface area contributed by atoms with Crippen molar-refractivity contribution in [3.05, 3.63) is 9.40 Å². The number of hydrogen-bond acceptors (Lipinski definition) is 3. The summed E-state index contributed by atoms with van der Waals surface area (Å²) < 4.78 is 8.42. The largest absolute Gasteiger partial charge is 0.374 e. The Morgan fingerprint density at radius 3 is 2.50 bits per heavy atom. The molecular weight excluding hydrogens is 241 g/mol. The van der Waals surface area contributed by atoms with Crippen LogP contribution < -0.4 is 0 Å². The lowest BCUT2D eigenvalue weighted by Gasteiger charge is -2.21. The first-order chi connectivity index (χ1) is 6.49. The molecule has 0 radical (unpaired) electrons. The molecule has 5 heteroatoms. The highest BCUT2D eigenvalue weighted by Crippen LogP contribution is 2.37. The molecule has 0 saturated heterocycles. The third-order valence-corrected chi connectivity index (χ3v) is 3.60. The molecule has 82 valence electrons. The smallest absolute Gasteiger partial charge is 0.105 e. The van der Waals surface area contributed by atoms with Crippen molar-refractivity contribution in [1.82, 2.24) is 4.31 Å². The molecule has 0 amide bonds. The van der Waals surface area contributed by atoms with Gasteiger partial charge in [-0.15, -0.1) is 0 Å². The van der Waals surface area contributed by atoms with Gasteiger partial charge in [0.15, 0.2) is 0 Å². The zero-order valence-corrected chi connectivity index (χ0v) is 10.9. The lowest BCUT2D eigenvalue weighted by Crippen LogP contribution is -2.28. The number of halogens is 2. The second kappa shape index (κ2) is 5.61. The van der Waals surface area contributed by atoms with Crippen molar-refractivity contribution in [2.24, 2.45) is 0 Å². The summed E-state index contributed by atoms with van der Waals surface area (Å²) in [6, 6.07) is 0. The molecule has 0 saturated carbocycles. The summed E-state index contributed by atoms with van der Waals surface area (Å²) >= 11 is 13.3. The Bertz CT molecular complexity index is 219. The van der Waals surface area contributed by atoms with Crippen LogP contribution in [0.2, 0.25) is 0 Å². The van der Waals surface area contributed by atoms with Gasteiger partial charge >= 0.3 is 0 Å². The van der Waals surface area contributed by atoms with Gasteiger partial charge in [0.25, 0.3) is 0 Å². The van der Waals surface area contributed by atoms with Gasteiger partial charge in [-0.3, -0.25) is 0 Å². The zero-order chi connectivity index (χ0) is 10.7. The van der Waals surface area contributed by atoms with Crippen molar-refractivity contribution in [3.63, 3.8) is 0 Å². The molecule has 0 aliphatic carbocycles. The van der Waals surface area contributed by atoms with E-state index < -0.39 is 0 Å². The molecule has 0 fully saturated rings. The lowest BCUT2D eigenvalue weighted by molar-refractivity contribution is 0.0120. The van der Waals surface area contributed by atoms with E-state index in [-0.39, 0.29) is 12.2 Å². The maximum atomic E-state index is 5.89. The van der Waals surface area contributed by atoms with Gasteiger partial charge in [-0.05, 0) is 32.7 Å². The van der Waals surface area contributed by atoms with E-state index in [0.717, 1.165) is 18.1 Å². The van der Waals surface area contributed by atoms with E-state index in [1.54, 1.807) is 0 Å². The number of nitrogens with zero attached hydrogens (tertiary/aromatic N) is 1. The SMILES string of the molecule is CC(C)OC(C)CN1CC(Cl)=C(Cl)S1. The summed E-state index contributed by atoms with van der Waals surface area (Å²) in [5.41, 5.74) is 0. The summed E-state index contributed by atoms with van der Waals surface area (Å²) in [5, 5.41) is 0.730. The lowest BCUT2D eigenvalue weighted by atomic mass is 10.3. The normalized spacial score (nSPS) is 21.0. The van der Waals surface area contributed by atoms with Gasteiger partial charge in [0.05, 0.1) is 17.2 Å². The van der Waals surface area contributed by atoms with E-state index in [9.17, 15) is 0 Å². The van der Waals surface area contributed by atoms with Gasteiger partial charge in [-0.25, -0.2) is 4.31 Å². The molecule has 0 N–H and O–H groups in total. The fourth-order valence-corrected chi connectivity index (χ4v) is 2.85. The minimum Gasteiger partial charge on any atom is -0.374 e. The quantitative estimate of drug-likeness (QED) is 0.715. The highest BCUT2D eigenvalue weighted by Gasteiger charge is 2.22. The predicted octanol–water partition coefficient (Wildman–Crippen LogP) is 3.41. The fraction of sp³-hybridized carbons (Fsp3) is 0.778. The molecule has 1 rings (SSSR count). The molecular formula is C9H15Cl2NOS. The van der Waals surface area contributed by atoms with E-state index in [1.807, 2.05) is 13.8 Å². The monoisotopic (exact) mass is 255 g/mol. The van der Waals surface area contributed by atoms with Crippen LogP contribution in [0.1, 0.15) is 20.8 Å². The molecule has 1 aliphatic heterocycles. The van der Waals surface area contributed by atoms with Gasteiger partial charge in [0.2, 0.25) is 0 Å². The van der Waals surface area contributed by atoms with Crippen molar-refractivity contribution in [1.29, 1.82) is 0 Å². The molecule has 1 aliphatic rings. The number of hydrogen-bond donors (Lipinski definition) is 0. The Kier molecular flexibility index (Phi) is 5.08. The molecule has 0 spiro atoms. The van der Waals surface area contributed by atoms with Gasteiger partial charge in [-0.1, -0.05) is 23.2 Å². The molecule has 0 aromatic carbocycles. The summed E-state index contributed by atoms with van der Waals surface area (Å²) in [4.78, 5) is 0. The maximum absolute atomic E-state index is 5.89. The van der Waals surface area contributed by atoms with Crippen molar-refractivity contribution in [2.45, 2.75) is 33.0 Å². The second-order valence-corrected chi connectivity index (χ2v) is 5.75. The minimum atomic E-state index is 0.203. The van der Waals surface area contributed by atoms with Crippen LogP contribution in [0.4, 0.5) is 0 Å². The van der Waals surface area contributed by atoms with Crippen LogP contribution in [0.3, 0.4) is 0 Å². The summed E-state index contributed by atoms with van der Waals surface area (Å²) in [5.74, 6) is 0. The van der Waals surface area contributed by atoms with E-state index >= 15 is 0 Å². The van der Waals surface area contributed by atoms with Crippen LogP contribution in [0.5, 0.6) is 0 Å². The van der Waals surface area contributed by atoms with Crippen LogP contribution in [0.15, 0.2) is 9.40 Å². The van der Waals surface area contributed by atoms with Crippen LogP contribution in [-0.2, 0) is 4.74 Å². The number of rotatable bonds is 4. The van der Waals surface area contributed by atoms with Crippen molar-refractivity contribution in [2.75, 3.05) is 13.1 Å². The first kappa shape index (κ1) is 12.7. The van der Waals surface area contributed by atoms with Gasteiger partial charge in [0.1, 0.15) is 4.36 Å². The molecule has 1 unspecified atom stereocenters. The predicted molar refractivity (Wildman–Crippen MR) is 63.6 cm³/mol. The third-order valence-electron chi connectivity index (χ3n) is 1.70. The molecule has 1 atom stereocenters. The summed E-state index contributed by atoms with van der Waals surface area (Å²) in [6.45, 7) is 7.69. The van der Waals surface area contributed by atoms with Crippen LogP contribution in [0.25, 0.3) is 0 Å². The maximum Gasteiger partial charge on any atom is 0.105 e. The third kappa shape index (κ3) is 3.99. The van der Waals surface area contributed by atoms with Crippen LogP contribution in [0, 0.1) is 0 Å². The Hall–Kier alpha value is 0.590. The minimum absolute atomic E-state index is 0.203. The highest BCUT2D eigenvalue weighted by molar-refractivity contribution is 8.02. The molecule has 2 nitrogen and oxygen atoms in total. The van der Waals surface area contributed by atoms with E-state index in [2.05, 4.69) is 11.2 Å². The molecule has 14 heavy (non-hydrogen) atoms. The Morgan fingerprint density at radius 1 is 1.43 bits per heavy atom. The van der Waals surface area contributed by atoms with E-state index in [0.29, 0.717) is 4.36 Å². The molecule has 0 aromatic heterocycles. The summed E-state index contributed by atoms with van der Waals surface area (Å²) in [6.07, 6.45) is 0.464. The van der Waals surface area contributed by atoms with E-state index in [1.165, 1.54) is 11.9 Å². The van der Waals surface area contributed by atoms with Crippen molar-refractivity contribution >= 4 is 35.1 Å². The van der Waals surface area contributed by atoms with Gasteiger partial charge in [-0.2, -0.15) is 0 Å². The first-order valence-corrected chi connectivity index (χ1v) is 6.14. The van der Waals surface area contributed by atoms with Gasteiger partial charge in [0, 0.05) is 13.1 Å². The standard InChI is InChI=1S/C9H15Cl2NOS/c1-6(2)13-7(3)4-12-5-8(10)9(11)14-12/h6-7H,4-5H2,1-3H3. The Morgan fingerprint density at radius 2 is 2.07 bits per heavy atom. The van der Waals surface area contributed by atoms with Crippen LogP contribution >= 0.6 is 35.1 Å².